The van der Waals surface area contributed by atoms with Crippen LogP contribution in [0.15, 0.2) is 158 Å². The van der Waals surface area contributed by atoms with Gasteiger partial charge in [0.25, 0.3) is 0 Å². The van der Waals surface area contributed by atoms with Gasteiger partial charge in [0.2, 0.25) is 0 Å². The summed E-state index contributed by atoms with van der Waals surface area (Å²) >= 11 is 0. The van der Waals surface area contributed by atoms with Gasteiger partial charge in [-0.1, -0.05) is 91.9 Å². The van der Waals surface area contributed by atoms with E-state index in [4.69, 9.17) is 0 Å². The summed E-state index contributed by atoms with van der Waals surface area (Å²) < 4.78 is 89.9. The Kier molecular flexibility index (Phi) is 11.1. The van der Waals surface area contributed by atoms with Gasteiger partial charge in [-0.15, -0.1) is 6.58 Å². The molecule has 0 fully saturated rings. The SMILES string of the molecule is C=CC(C)c1ccccc1N(c1cccc(-c2ccc(C(F)(F)F)cc2C(F)(F)F)c1-c1c(C#N)cccc1-n1c2ccccc2c2cc(-c3ccc(C#N)cc3)ccc21)C(C)C#N. The molecule has 7 aromatic carbocycles. The maximum absolute atomic E-state index is 15.2. The fourth-order valence-electron chi connectivity index (χ4n) is 8.47. The van der Waals surface area contributed by atoms with Gasteiger partial charge in [0.15, 0.2) is 0 Å². The minimum Gasteiger partial charge on any atom is -0.324 e. The van der Waals surface area contributed by atoms with Crippen LogP contribution in [0.4, 0.5) is 37.7 Å². The third kappa shape index (κ3) is 7.50. The van der Waals surface area contributed by atoms with E-state index >= 15 is 13.2 Å². The van der Waals surface area contributed by atoms with E-state index in [1.165, 1.54) is 12.1 Å². The number of nitriles is 3. The van der Waals surface area contributed by atoms with Crippen molar-refractivity contribution < 1.29 is 26.3 Å². The number of aromatic nitrogens is 1. The molecule has 1 heterocycles. The Labute approximate surface area is 365 Å². The summed E-state index contributed by atoms with van der Waals surface area (Å²) in [5.74, 6) is -0.253. The Hall–Kier alpha value is -8.07. The van der Waals surface area contributed by atoms with Gasteiger partial charge in [-0.3, -0.25) is 0 Å². The van der Waals surface area contributed by atoms with E-state index in [2.05, 4.69) is 24.8 Å². The summed E-state index contributed by atoms with van der Waals surface area (Å²) in [6.45, 7) is 7.52. The molecule has 5 nitrogen and oxygen atoms in total. The number of hydrogen-bond donors (Lipinski definition) is 0. The van der Waals surface area contributed by atoms with E-state index in [0.29, 0.717) is 34.0 Å². The molecule has 0 N–H and O–H groups in total. The number of halogens is 6. The van der Waals surface area contributed by atoms with Gasteiger partial charge >= 0.3 is 12.4 Å². The largest absolute Gasteiger partial charge is 0.417 e. The average Bonchev–Trinajstić information content (AvgIpc) is 3.64. The summed E-state index contributed by atoms with van der Waals surface area (Å²) in [6.07, 6.45) is -8.60. The van der Waals surface area contributed by atoms with Crippen molar-refractivity contribution in [3.8, 4) is 57.3 Å². The normalized spacial score (nSPS) is 12.6. The molecule has 0 bridgehead atoms. The van der Waals surface area contributed by atoms with Crippen LogP contribution in [-0.4, -0.2) is 10.6 Å². The number of nitrogens with zero attached hydrogens (tertiary/aromatic N) is 5. The predicted molar refractivity (Wildman–Crippen MR) is 239 cm³/mol. The second-order valence-corrected chi connectivity index (χ2v) is 15.3. The third-order valence-electron chi connectivity index (χ3n) is 11.5. The number of anilines is 2. The van der Waals surface area contributed by atoms with Crippen LogP contribution in [0.25, 0.3) is 60.9 Å². The first kappa shape index (κ1) is 42.6. The molecule has 8 aromatic rings. The highest BCUT2D eigenvalue weighted by molar-refractivity contribution is 6.12. The quantitative estimate of drug-likeness (QED) is 0.107. The molecule has 2 atom stereocenters. The highest BCUT2D eigenvalue weighted by Gasteiger charge is 2.40. The highest BCUT2D eigenvalue weighted by atomic mass is 19.4. The van der Waals surface area contributed by atoms with Crippen molar-refractivity contribution in [1.29, 1.82) is 15.8 Å². The van der Waals surface area contributed by atoms with Gasteiger partial charge in [0.1, 0.15) is 6.04 Å². The number of rotatable bonds is 9. The Morgan fingerprint density at radius 2 is 1.28 bits per heavy atom. The lowest BCUT2D eigenvalue weighted by molar-refractivity contribution is -0.142. The lowest BCUT2D eigenvalue weighted by Crippen LogP contribution is -2.29. The van der Waals surface area contributed by atoms with E-state index in [9.17, 15) is 29.0 Å². The average molecular weight is 856 g/mol. The number of allylic oxidation sites excluding steroid dienone is 1. The molecule has 0 spiro atoms. The van der Waals surface area contributed by atoms with Crippen LogP contribution >= 0.6 is 0 Å². The lowest BCUT2D eigenvalue weighted by Gasteiger charge is -2.34. The minimum atomic E-state index is -5.24. The Bertz CT molecular complexity index is 3250. The van der Waals surface area contributed by atoms with Crippen molar-refractivity contribution in [3.05, 3.63) is 186 Å². The molecule has 1 aromatic heterocycles. The van der Waals surface area contributed by atoms with Crippen LogP contribution in [0.1, 0.15) is 47.6 Å². The fourth-order valence-corrected chi connectivity index (χ4v) is 8.47. The number of alkyl halides is 6. The molecule has 314 valence electrons. The van der Waals surface area contributed by atoms with E-state index in [0.717, 1.165) is 33.5 Å². The maximum Gasteiger partial charge on any atom is 0.417 e. The molecule has 0 radical (unpaired) electrons. The summed E-state index contributed by atoms with van der Waals surface area (Å²) in [5.41, 5.74) is 2.18. The van der Waals surface area contributed by atoms with Crippen LogP contribution in [0.5, 0.6) is 0 Å². The summed E-state index contributed by atoms with van der Waals surface area (Å²) in [5, 5.41) is 32.7. The smallest absolute Gasteiger partial charge is 0.324 e. The molecule has 0 saturated heterocycles. The van der Waals surface area contributed by atoms with E-state index in [-0.39, 0.29) is 39.9 Å². The fraction of sp³-hybridized carbons (Fsp3) is 0.113. The molecule has 11 heteroatoms. The number of benzene rings is 7. The molecular weight excluding hydrogens is 821 g/mol. The van der Waals surface area contributed by atoms with Gasteiger partial charge in [0, 0.05) is 33.5 Å². The monoisotopic (exact) mass is 855 g/mol. The molecule has 64 heavy (non-hydrogen) atoms. The number of fused-ring (bicyclic) bond motifs is 3. The predicted octanol–water partition coefficient (Wildman–Crippen LogP) is 14.9. The maximum atomic E-state index is 15.2. The molecular formula is C53H35F6N5. The standard InChI is InChI=1S/C53H35F6N5/c1-4-32(2)39-12-5-7-15-45(39)63(33(3)29-60)49-18-10-14-42(40-25-24-38(52(54,55)56)28-44(40)53(57,58)59)51(49)50-37(31-62)11-9-17-48(50)64-46-16-8-6-13-41(46)43-27-36(23-26-47(43)64)35-21-19-34(30-61)20-22-35/h4-28,32-33H,1H2,2-3H3. The van der Waals surface area contributed by atoms with Crippen LogP contribution < -0.4 is 4.90 Å². The van der Waals surface area contributed by atoms with Crippen molar-refractivity contribution in [2.24, 2.45) is 0 Å². The topological polar surface area (TPSA) is 79.5 Å². The van der Waals surface area contributed by atoms with Crippen molar-refractivity contribution in [1.82, 2.24) is 4.57 Å². The van der Waals surface area contributed by atoms with Gasteiger partial charge < -0.3 is 9.47 Å². The van der Waals surface area contributed by atoms with Crippen molar-refractivity contribution in [2.45, 2.75) is 38.2 Å². The third-order valence-corrected chi connectivity index (χ3v) is 11.5. The van der Waals surface area contributed by atoms with Crippen molar-refractivity contribution in [3.63, 3.8) is 0 Å². The highest BCUT2D eigenvalue weighted by Crippen LogP contribution is 2.51. The molecule has 0 aliphatic heterocycles. The second kappa shape index (κ2) is 16.7. The van der Waals surface area contributed by atoms with E-state index in [1.54, 1.807) is 66.4 Å². The summed E-state index contributed by atoms with van der Waals surface area (Å²) in [4.78, 5) is 1.69. The van der Waals surface area contributed by atoms with Gasteiger partial charge in [0.05, 0.1) is 62.9 Å². The first-order valence-electron chi connectivity index (χ1n) is 20.1. The Balaban J connectivity index is 1.53. The Morgan fingerprint density at radius 1 is 0.609 bits per heavy atom. The molecule has 0 aliphatic carbocycles. The van der Waals surface area contributed by atoms with Crippen molar-refractivity contribution in [2.75, 3.05) is 4.90 Å². The van der Waals surface area contributed by atoms with Gasteiger partial charge in [-0.05, 0) is 101 Å². The summed E-state index contributed by atoms with van der Waals surface area (Å²) in [6, 6.07) is 44.6. The number of para-hydroxylation sites is 2. The van der Waals surface area contributed by atoms with Crippen LogP contribution in [0, 0.1) is 34.0 Å². The molecule has 0 saturated carbocycles. The Morgan fingerprint density at radius 3 is 1.97 bits per heavy atom. The molecule has 8 rings (SSSR count). The number of hydrogen-bond acceptors (Lipinski definition) is 4. The second-order valence-electron chi connectivity index (χ2n) is 15.3. The van der Waals surface area contributed by atoms with Gasteiger partial charge in [-0.2, -0.15) is 42.1 Å². The molecule has 2 unspecified atom stereocenters. The minimum absolute atomic E-state index is 0.0594. The van der Waals surface area contributed by atoms with Crippen LogP contribution in [0.3, 0.4) is 0 Å². The van der Waals surface area contributed by atoms with E-state index < -0.39 is 35.1 Å². The zero-order chi connectivity index (χ0) is 45.5. The first-order valence-corrected chi connectivity index (χ1v) is 20.1. The molecule has 0 aliphatic rings. The van der Waals surface area contributed by atoms with Crippen LogP contribution in [0.2, 0.25) is 0 Å². The van der Waals surface area contributed by atoms with Crippen molar-refractivity contribution >= 4 is 33.2 Å². The van der Waals surface area contributed by atoms with E-state index in [1.807, 2.05) is 78.2 Å². The summed E-state index contributed by atoms with van der Waals surface area (Å²) in [7, 11) is 0. The lowest BCUT2D eigenvalue weighted by atomic mass is 9.86. The zero-order valence-electron chi connectivity index (χ0n) is 34.3. The first-order chi connectivity index (χ1) is 30.7. The molecule has 0 amide bonds. The zero-order valence-corrected chi connectivity index (χ0v) is 34.3. The van der Waals surface area contributed by atoms with Gasteiger partial charge in [-0.25, -0.2) is 0 Å². The van der Waals surface area contributed by atoms with Crippen LogP contribution in [-0.2, 0) is 12.4 Å².